The first kappa shape index (κ1) is 23.1. The summed E-state index contributed by atoms with van der Waals surface area (Å²) in [6, 6.07) is 15.9. The Morgan fingerprint density at radius 1 is 0.943 bits per heavy atom. The minimum Gasteiger partial charge on any atom is -0.453 e. The molecule has 4 aromatic rings. The molecule has 35 heavy (non-hydrogen) atoms. The topological polar surface area (TPSA) is 72.0 Å². The largest absolute Gasteiger partial charge is 0.453 e. The molecule has 0 spiro atoms. The summed E-state index contributed by atoms with van der Waals surface area (Å²) in [6.07, 6.45) is 10.9. The van der Waals surface area contributed by atoms with Gasteiger partial charge in [0.15, 0.2) is 11.6 Å². The van der Waals surface area contributed by atoms with Crippen molar-refractivity contribution < 1.29 is 9.13 Å². The Morgan fingerprint density at radius 3 is 2.63 bits per heavy atom. The van der Waals surface area contributed by atoms with E-state index in [9.17, 15) is 4.39 Å². The first-order chi connectivity index (χ1) is 17.2. The van der Waals surface area contributed by atoms with E-state index in [0.29, 0.717) is 45.4 Å². The number of pyridine rings is 1. The van der Waals surface area contributed by atoms with Crippen LogP contribution in [-0.2, 0) is 0 Å². The maximum Gasteiger partial charge on any atom is 0.223 e. The van der Waals surface area contributed by atoms with Gasteiger partial charge < -0.3 is 15.4 Å². The Morgan fingerprint density at radius 2 is 1.80 bits per heavy atom. The number of nitrogens with one attached hydrogen (secondary N) is 2. The predicted molar refractivity (Wildman–Crippen MR) is 137 cm³/mol. The van der Waals surface area contributed by atoms with E-state index < -0.39 is 5.82 Å². The summed E-state index contributed by atoms with van der Waals surface area (Å²) in [7, 11) is 0. The molecule has 2 heterocycles. The molecule has 1 aliphatic rings. The van der Waals surface area contributed by atoms with Crippen LogP contribution < -0.4 is 15.4 Å². The highest BCUT2D eigenvalue weighted by molar-refractivity contribution is 6.33. The lowest BCUT2D eigenvalue weighted by atomic mass is 9.96. The van der Waals surface area contributed by atoms with Crippen LogP contribution in [0.3, 0.4) is 0 Å². The molecule has 0 bridgehead atoms. The summed E-state index contributed by atoms with van der Waals surface area (Å²) in [5.74, 6) is 0.613. The minimum atomic E-state index is -0.507. The molecule has 2 aromatic carbocycles. The van der Waals surface area contributed by atoms with Gasteiger partial charge in [0.1, 0.15) is 5.75 Å². The molecule has 0 radical (unpaired) electrons. The highest BCUT2D eigenvalue weighted by atomic mass is 35.5. The third kappa shape index (κ3) is 5.69. The second-order valence-corrected chi connectivity index (χ2v) is 8.88. The third-order valence-electron chi connectivity index (χ3n) is 5.96. The van der Waals surface area contributed by atoms with Crippen molar-refractivity contribution in [2.24, 2.45) is 0 Å². The number of benzene rings is 2. The molecule has 0 amide bonds. The zero-order valence-corrected chi connectivity index (χ0v) is 19.8. The zero-order chi connectivity index (χ0) is 24.0. The fraction of sp³-hybridized carbons (Fsp3) is 0.222. The van der Waals surface area contributed by atoms with E-state index in [4.69, 9.17) is 16.3 Å². The van der Waals surface area contributed by atoms with Crippen LogP contribution in [0.25, 0.3) is 11.3 Å². The number of para-hydroxylation sites is 1. The molecule has 1 fully saturated rings. The average Bonchev–Trinajstić information content (AvgIpc) is 2.88. The van der Waals surface area contributed by atoms with Crippen LogP contribution >= 0.6 is 11.6 Å². The van der Waals surface area contributed by atoms with Gasteiger partial charge in [-0.3, -0.25) is 4.98 Å². The number of anilines is 3. The molecule has 2 aromatic heterocycles. The fourth-order valence-electron chi connectivity index (χ4n) is 4.17. The molecule has 1 aliphatic carbocycles. The number of aromatic nitrogens is 3. The van der Waals surface area contributed by atoms with Crippen molar-refractivity contribution in [2.45, 2.75) is 38.1 Å². The zero-order valence-electron chi connectivity index (χ0n) is 19.0. The van der Waals surface area contributed by atoms with Gasteiger partial charge >= 0.3 is 0 Å². The van der Waals surface area contributed by atoms with Crippen molar-refractivity contribution in [1.29, 1.82) is 0 Å². The summed E-state index contributed by atoms with van der Waals surface area (Å²) in [6.45, 7) is 0. The van der Waals surface area contributed by atoms with Crippen LogP contribution in [0, 0.1) is 5.82 Å². The minimum absolute atomic E-state index is 0.0942. The molecule has 1 saturated carbocycles. The normalized spacial score (nSPS) is 13.9. The van der Waals surface area contributed by atoms with Crippen molar-refractivity contribution >= 4 is 28.9 Å². The molecule has 2 N–H and O–H groups in total. The van der Waals surface area contributed by atoms with Gasteiger partial charge in [0, 0.05) is 36.4 Å². The lowest BCUT2D eigenvalue weighted by molar-refractivity contribution is 0.443. The molecule has 5 rings (SSSR count). The standard InChI is InChI=1S/C27H25ClFN5O/c28-21-8-4-5-9-24(21)32-19-10-11-26(22(29)16-19)35-25-13-14-30-17-20(25)23-12-15-31-27(34-23)33-18-6-2-1-3-7-18/h4-5,8-18,32H,1-3,6-7H2,(H,31,33,34). The Bertz CT molecular complexity index is 1310. The van der Waals surface area contributed by atoms with Gasteiger partial charge in [0.2, 0.25) is 5.95 Å². The summed E-state index contributed by atoms with van der Waals surface area (Å²) >= 11 is 6.19. The quantitative estimate of drug-likeness (QED) is 0.278. The van der Waals surface area contributed by atoms with Crippen LogP contribution in [0.2, 0.25) is 5.02 Å². The van der Waals surface area contributed by atoms with E-state index in [-0.39, 0.29) is 5.75 Å². The number of halogens is 2. The number of nitrogens with zero attached hydrogens (tertiary/aromatic N) is 3. The van der Waals surface area contributed by atoms with Crippen molar-refractivity contribution in [3.05, 3.63) is 84.0 Å². The van der Waals surface area contributed by atoms with E-state index in [0.717, 1.165) is 12.8 Å². The van der Waals surface area contributed by atoms with E-state index in [2.05, 4.69) is 25.6 Å². The van der Waals surface area contributed by atoms with Gasteiger partial charge in [-0.25, -0.2) is 14.4 Å². The van der Waals surface area contributed by atoms with Crippen molar-refractivity contribution in [2.75, 3.05) is 10.6 Å². The number of hydrogen-bond donors (Lipinski definition) is 2. The highest BCUT2D eigenvalue weighted by Crippen LogP contribution is 2.34. The van der Waals surface area contributed by atoms with E-state index in [1.54, 1.807) is 48.9 Å². The average molecular weight is 490 g/mol. The van der Waals surface area contributed by atoms with Crippen LogP contribution in [0.1, 0.15) is 32.1 Å². The van der Waals surface area contributed by atoms with Crippen molar-refractivity contribution in [3.63, 3.8) is 0 Å². The number of ether oxygens (including phenoxy) is 1. The van der Waals surface area contributed by atoms with Gasteiger partial charge in [-0.15, -0.1) is 0 Å². The second-order valence-electron chi connectivity index (χ2n) is 8.47. The summed E-state index contributed by atoms with van der Waals surface area (Å²) in [4.78, 5) is 13.3. The highest BCUT2D eigenvalue weighted by Gasteiger charge is 2.16. The molecule has 6 nitrogen and oxygen atoms in total. The van der Waals surface area contributed by atoms with Gasteiger partial charge in [-0.1, -0.05) is 43.0 Å². The van der Waals surface area contributed by atoms with Crippen LogP contribution in [0.5, 0.6) is 11.5 Å². The van der Waals surface area contributed by atoms with E-state index in [1.807, 2.05) is 18.2 Å². The van der Waals surface area contributed by atoms with Crippen molar-refractivity contribution in [3.8, 4) is 22.8 Å². The number of rotatable bonds is 7. The maximum atomic E-state index is 14.9. The van der Waals surface area contributed by atoms with Gasteiger partial charge in [-0.05, 0) is 49.2 Å². The van der Waals surface area contributed by atoms with Crippen LogP contribution in [0.4, 0.5) is 21.7 Å². The van der Waals surface area contributed by atoms with Gasteiger partial charge in [0.05, 0.1) is 22.0 Å². The molecular weight excluding hydrogens is 465 g/mol. The van der Waals surface area contributed by atoms with Crippen LogP contribution in [0.15, 0.2) is 73.2 Å². The van der Waals surface area contributed by atoms with Crippen LogP contribution in [-0.4, -0.2) is 21.0 Å². The van der Waals surface area contributed by atoms with Crippen molar-refractivity contribution in [1.82, 2.24) is 15.0 Å². The molecular formula is C27H25ClFN5O. The first-order valence-electron chi connectivity index (χ1n) is 11.7. The molecule has 0 unspecified atom stereocenters. The molecule has 178 valence electrons. The Balaban J connectivity index is 1.35. The summed E-state index contributed by atoms with van der Waals surface area (Å²) < 4.78 is 20.9. The Labute approximate surface area is 208 Å². The van der Waals surface area contributed by atoms with Gasteiger partial charge in [-0.2, -0.15) is 0 Å². The fourth-order valence-corrected chi connectivity index (χ4v) is 4.35. The van der Waals surface area contributed by atoms with E-state index >= 15 is 0 Å². The smallest absolute Gasteiger partial charge is 0.223 e. The monoisotopic (exact) mass is 489 g/mol. The second kappa shape index (κ2) is 10.7. The molecule has 0 atom stereocenters. The SMILES string of the molecule is Fc1cc(Nc2ccccc2Cl)ccc1Oc1ccncc1-c1ccnc(NC2CCCCC2)n1. The Hall–Kier alpha value is -3.71. The molecule has 8 heteroatoms. The predicted octanol–water partition coefficient (Wildman–Crippen LogP) is 7.61. The van der Waals surface area contributed by atoms with E-state index in [1.165, 1.54) is 25.3 Å². The summed E-state index contributed by atoms with van der Waals surface area (Å²) in [5.41, 5.74) is 2.56. The number of hydrogen-bond acceptors (Lipinski definition) is 6. The summed E-state index contributed by atoms with van der Waals surface area (Å²) in [5, 5.41) is 7.11. The first-order valence-corrected chi connectivity index (χ1v) is 12.1. The lowest BCUT2D eigenvalue weighted by Gasteiger charge is -2.22. The lowest BCUT2D eigenvalue weighted by Crippen LogP contribution is -2.23. The van der Waals surface area contributed by atoms with Gasteiger partial charge in [0.25, 0.3) is 0 Å². The molecule has 0 aliphatic heterocycles. The third-order valence-corrected chi connectivity index (χ3v) is 6.29. The Kier molecular flexibility index (Phi) is 7.04. The maximum absolute atomic E-state index is 14.9. The molecule has 0 saturated heterocycles.